The normalized spacial score (nSPS) is 15.0. The average molecular weight is 579 g/mol. The van der Waals surface area contributed by atoms with Gasteiger partial charge in [0, 0.05) is 17.2 Å². The highest BCUT2D eigenvalue weighted by atomic mass is 35.5. The Morgan fingerprint density at radius 3 is 2.70 bits per heavy atom. The zero-order valence-corrected chi connectivity index (χ0v) is 23.2. The molecule has 0 bridgehead atoms. The number of para-hydroxylation sites is 1. The Morgan fingerprint density at radius 2 is 1.98 bits per heavy atom. The van der Waals surface area contributed by atoms with Crippen LogP contribution in [-0.4, -0.2) is 35.3 Å². The zero-order valence-electron chi connectivity index (χ0n) is 21.6. The maximum atomic E-state index is 13.8. The first kappa shape index (κ1) is 27.2. The molecule has 0 unspecified atom stereocenters. The molecule has 0 radical (unpaired) electrons. The molecule has 1 N–H and O–H groups in total. The molecule has 3 heterocycles. The number of ether oxygens (including phenoxy) is 2. The van der Waals surface area contributed by atoms with Crippen molar-refractivity contribution in [3.63, 3.8) is 0 Å². The van der Waals surface area contributed by atoms with Crippen molar-refractivity contribution in [1.82, 2.24) is 4.57 Å². The fourth-order valence-corrected chi connectivity index (χ4v) is 5.76. The largest absolute Gasteiger partial charge is 0.496 e. The van der Waals surface area contributed by atoms with Gasteiger partial charge in [0.25, 0.3) is 5.56 Å². The number of hydrogen-bond acceptors (Lipinski definition) is 8. The Labute approximate surface area is 236 Å². The number of carbonyl (C=O) groups excluding carboxylic acids is 1. The van der Waals surface area contributed by atoms with Crippen molar-refractivity contribution < 1.29 is 28.6 Å². The fourth-order valence-electron chi connectivity index (χ4n) is 4.54. The summed E-state index contributed by atoms with van der Waals surface area (Å²) in [6.45, 7) is 3.59. The summed E-state index contributed by atoms with van der Waals surface area (Å²) in [5, 5.41) is 9.50. The molecule has 1 aliphatic heterocycles. The van der Waals surface area contributed by atoms with Gasteiger partial charge in [-0.25, -0.2) is 14.6 Å². The van der Waals surface area contributed by atoms with E-state index in [9.17, 15) is 19.5 Å². The first-order valence-corrected chi connectivity index (χ1v) is 13.4. The van der Waals surface area contributed by atoms with Crippen molar-refractivity contribution in [2.75, 3.05) is 13.7 Å². The molecule has 0 aliphatic carbocycles. The van der Waals surface area contributed by atoms with Crippen LogP contribution in [0.15, 0.2) is 80.1 Å². The summed E-state index contributed by atoms with van der Waals surface area (Å²) in [6.07, 6.45) is 1.59. The monoisotopic (exact) mass is 578 g/mol. The minimum absolute atomic E-state index is 0.0467. The molecule has 11 heteroatoms. The van der Waals surface area contributed by atoms with Crippen LogP contribution in [0.2, 0.25) is 5.02 Å². The number of fused-ring (bicyclic) bond motifs is 1. The molecule has 0 saturated carbocycles. The van der Waals surface area contributed by atoms with Crippen molar-refractivity contribution in [3.8, 4) is 17.1 Å². The SMILES string of the molecule is CCOC(=O)C1=C(C)N=c2s/c(=C/c3ccc(-c4ccc(Cl)c(C(=O)O)c4)o3)c(=O)n2[C@H]1c1ccccc1OC. The first-order valence-electron chi connectivity index (χ1n) is 12.2. The second-order valence-electron chi connectivity index (χ2n) is 8.75. The number of aromatic nitrogens is 1. The van der Waals surface area contributed by atoms with E-state index in [1.165, 1.54) is 23.8 Å². The molecule has 40 heavy (non-hydrogen) atoms. The van der Waals surface area contributed by atoms with Crippen LogP contribution in [0.25, 0.3) is 17.4 Å². The number of hydrogen-bond donors (Lipinski definition) is 1. The van der Waals surface area contributed by atoms with E-state index >= 15 is 0 Å². The van der Waals surface area contributed by atoms with E-state index in [0.29, 0.717) is 43.4 Å². The molecule has 2 aromatic carbocycles. The van der Waals surface area contributed by atoms with Gasteiger partial charge in [0.05, 0.1) is 40.1 Å². The van der Waals surface area contributed by atoms with Crippen molar-refractivity contribution in [1.29, 1.82) is 0 Å². The summed E-state index contributed by atoms with van der Waals surface area (Å²) < 4.78 is 18.6. The third kappa shape index (κ3) is 4.87. The predicted molar refractivity (Wildman–Crippen MR) is 150 cm³/mol. The van der Waals surface area contributed by atoms with Gasteiger partial charge in [0.15, 0.2) is 4.80 Å². The predicted octanol–water partition coefficient (Wildman–Crippen LogP) is 4.42. The van der Waals surface area contributed by atoms with E-state index in [-0.39, 0.29) is 28.3 Å². The number of carboxylic acid groups (broad SMARTS) is 1. The lowest BCUT2D eigenvalue weighted by Gasteiger charge is -2.25. The van der Waals surface area contributed by atoms with Crippen LogP contribution in [0.4, 0.5) is 0 Å². The Hall–Kier alpha value is -4.41. The summed E-state index contributed by atoms with van der Waals surface area (Å²) in [4.78, 5) is 43.3. The number of allylic oxidation sites excluding steroid dienone is 1. The number of benzene rings is 2. The topological polar surface area (TPSA) is 120 Å². The van der Waals surface area contributed by atoms with Gasteiger partial charge in [0.2, 0.25) is 0 Å². The lowest BCUT2D eigenvalue weighted by atomic mass is 9.95. The summed E-state index contributed by atoms with van der Waals surface area (Å²) in [6, 6.07) is 14.3. The molecule has 0 amide bonds. The molecule has 2 aromatic heterocycles. The number of methoxy groups -OCH3 is 1. The average Bonchev–Trinajstić information content (AvgIpc) is 3.52. The molecule has 0 fully saturated rings. The number of furan rings is 1. The molecule has 5 rings (SSSR count). The Morgan fingerprint density at radius 1 is 1.20 bits per heavy atom. The minimum Gasteiger partial charge on any atom is -0.496 e. The number of esters is 1. The maximum absolute atomic E-state index is 13.8. The van der Waals surface area contributed by atoms with Crippen LogP contribution < -0.4 is 19.6 Å². The van der Waals surface area contributed by atoms with Gasteiger partial charge in [-0.15, -0.1) is 0 Å². The van der Waals surface area contributed by atoms with Gasteiger partial charge in [-0.3, -0.25) is 9.36 Å². The van der Waals surface area contributed by atoms with Crippen LogP contribution in [-0.2, 0) is 9.53 Å². The van der Waals surface area contributed by atoms with Gasteiger partial charge in [-0.2, -0.15) is 0 Å². The number of carbonyl (C=O) groups is 2. The maximum Gasteiger partial charge on any atom is 0.338 e. The number of aromatic carboxylic acids is 1. The smallest absolute Gasteiger partial charge is 0.338 e. The highest BCUT2D eigenvalue weighted by molar-refractivity contribution is 7.07. The Kier molecular flexibility index (Phi) is 7.46. The van der Waals surface area contributed by atoms with Gasteiger partial charge >= 0.3 is 11.9 Å². The second-order valence-corrected chi connectivity index (χ2v) is 10.2. The van der Waals surface area contributed by atoms with Crippen LogP contribution in [0.3, 0.4) is 0 Å². The van der Waals surface area contributed by atoms with E-state index in [1.807, 2.05) is 6.07 Å². The van der Waals surface area contributed by atoms with Crippen molar-refractivity contribution in [3.05, 3.63) is 107 Å². The van der Waals surface area contributed by atoms with Gasteiger partial charge < -0.3 is 19.0 Å². The molecular formula is C29H23ClN2O7S. The first-order chi connectivity index (χ1) is 19.2. The lowest BCUT2D eigenvalue weighted by Crippen LogP contribution is -2.40. The summed E-state index contributed by atoms with van der Waals surface area (Å²) >= 11 is 7.15. The molecule has 0 spiro atoms. The third-order valence-corrected chi connectivity index (χ3v) is 7.64. The quantitative estimate of drug-likeness (QED) is 0.322. The van der Waals surface area contributed by atoms with Crippen molar-refractivity contribution in [2.24, 2.45) is 4.99 Å². The number of carboxylic acids is 1. The summed E-state index contributed by atoms with van der Waals surface area (Å²) in [5.74, 6) is -0.416. The fraction of sp³-hybridized carbons (Fsp3) is 0.172. The third-order valence-electron chi connectivity index (χ3n) is 6.33. The lowest BCUT2D eigenvalue weighted by molar-refractivity contribution is -0.139. The van der Waals surface area contributed by atoms with Crippen LogP contribution >= 0.6 is 22.9 Å². The van der Waals surface area contributed by atoms with Crippen LogP contribution in [0.1, 0.15) is 41.6 Å². The van der Waals surface area contributed by atoms with E-state index < -0.39 is 18.0 Å². The summed E-state index contributed by atoms with van der Waals surface area (Å²) in [7, 11) is 1.53. The van der Waals surface area contributed by atoms with Crippen molar-refractivity contribution >= 4 is 41.0 Å². The highest BCUT2D eigenvalue weighted by Gasteiger charge is 2.35. The van der Waals surface area contributed by atoms with Gasteiger partial charge in [-0.1, -0.05) is 41.1 Å². The Bertz CT molecular complexity index is 1870. The van der Waals surface area contributed by atoms with Crippen LogP contribution in [0.5, 0.6) is 5.75 Å². The molecule has 0 saturated heterocycles. The van der Waals surface area contributed by atoms with Crippen molar-refractivity contribution in [2.45, 2.75) is 19.9 Å². The van der Waals surface area contributed by atoms with Gasteiger partial charge in [-0.05, 0) is 50.2 Å². The molecule has 1 aliphatic rings. The number of nitrogens with zero attached hydrogens (tertiary/aromatic N) is 2. The van der Waals surface area contributed by atoms with E-state index in [4.69, 9.17) is 25.5 Å². The standard InChI is InChI=1S/C29H23ClN2O7S/c1-4-38-28(36)24-15(2)31-29-32(25(24)18-7-5-6-8-22(18)37-3)26(33)23(40-29)14-17-10-12-21(39-17)16-9-11-20(30)19(13-16)27(34)35/h5-14,25H,4H2,1-3H3,(H,34,35)/b23-14+/t25-/m0/s1. The van der Waals surface area contributed by atoms with Gasteiger partial charge in [0.1, 0.15) is 23.3 Å². The van der Waals surface area contributed by atoms with E-state index in [2.05, 4.69) is 4.99 Å². The number of thiazole rings is 1. The number of halogens is 1. The molecule has 9 nitrogen and oxygen atoms in total. The highest BCUT2D eigenvalue weighted by Crippen LogP contribution is 2.35. The van der Waals surface area contributed by atoms with Crippen LogP contribution in [0, 0.1) is 0 Å². The molecule has 1 atom stereocenters. The number of rotatable bonds is 7. The second kappa shape index (κ2) is 11.0. The minimum atomic E-state index is -1.15. The molecular weight excluding hydrogens is 556 g/mol. The van der Waals surface area contributed by atoms with E-state index in [1.54, 1.807) is 56.3 Å². The molecule has 204 valence electrons. The van der Waals surface area contributed by atoms with E-state index in [0.717, 1.165) is 11.3 Å². The zero-order chi connectivity index (χ0) is 28.6. The summed E-state index contributed by atoms with van der Waals surface area (Å²) in [5.41, 5.74) is 1.42. The molecule has 4 aromatic rings. The Balaban J connectivity index is 1.64.